The Labute approximate surface area is 129 Å². The molecule has 0 saturated carbocycles. The maximum absolute atomic E-state index is 11.8. The molecule has 0 bridgehead atoms. The summed E-state index contributed by atoms with van der Waals surface area (Å²) in [6.07, 6.45) is 3.32. The number of quaternary nitrogens is 1. The molecule has 2 aliphatic heterocycles. The van der Waals surface area contributed by atoms with Gasteiger partial charge in [0.1, 0.15) is 13.1 Å². The van der Waals surface area contributed by atoms with Crippen LogP contribution in [0.1, 0.15) is 5.56 Å². The minimum absolute atomic E-state index is 0.0784. The lowest BCUT2D eigenvalue weighted by Gasteiger charge is -2.23. The molecule has 1 fully saturated rings. The van der Waals surface area contributed by atoms with Gasteiger partial charge in [-0.05, 0) is 23.8 Å². The lowest BCUT2D eigenvalue weighted by molar-refractivity contribution is -0.906. The van der Waals surface area contributed by atoms with Crippen LogP contribution in [-0.4, -0.2) is 52.1 Å². The Morgan fingerprint density at radius 1 is 1.23 bits per heavy atom. The largest absolute Gasteiger partial charge is 0.454 e. The first-order valence-electron chi connectivity index (χ1n) is 7.58. The summed E-state index contributed by atoms with van der Waals surface area (Å²) in [7, 11) is 0. The Hall–Kier alpha value is -2.05. The minimum atomic E-state index is -0.0784. The SMILES string of the molecule is O=C(C=Cc1ccc2c(c1)OCO2)NCC[NH+]1CCOCC1. The van der Waals surface area contributed by atoms with Gasteiger partial charge in [0.2, 0.25) is 12.7 Å². The first-order chi connectivity index (χ1) is 10.8. The third-order valence-electron chi connectivity index (χ3n) is 3.80. The van der Waals surface area contributed by atoms with Crippen LogP contribution in [0, 0.1) is 0 Å². The summed E-state index contributed by atoms with van der Waals surface area (Å²) in [4.78, 5) is 13.3. The van der Waals surface area contributed by atoms with E-state index in [9.17, 15) is 4.79 Å². The summed E-state index contributed by atoms with van der Waals surface area (Å²) in [5.41, 5.74) is 0.915. The maximum atomic E-state index is 11.8. The highest BCUT2D eigenvalue weighted by molar-refractivity contribution is 5.91. The van der Waals surface area contributed by atoms with E-state index in [0.717, 1.165) is 49.9 Å². The number of fused-ring (bicyclic) bond motifs is 1. The molecule has 22 heavy (non-hydrogen) atoms. The Morgan fingerprint density at radius 3 is 2.91 bits per heavy atom. The average Bonchev–Trinajstić information content (AvgIpc) is 3.01. The fraction of sp³-hybridized carbons (Fsp3) is 0.438. The molecule has 0 spiro atoms. The summed E-state index contributed by atoms with van der Waals surface area (Å²) in [6.45, 7) is 5.53. The van der Waals surface area contributed by atoms with Gasteiger partial charge in [0, 0.05) is 6.08 Å². The van der Waals surface area contributed by atoms with Crippen LogP contribution in [0.3, 0.4) is 0 Å². The van der Waals surface area contributed by atoms with Crippen LogP contribution in [0.2, 0.25) is 0 Å². The number of carbonyl (C=O) groups is 1. The number of benzene rings is 1. The van der Waals surface area contributed by atoms with Crippen LogP contribution in [0.5, 0.6) is 11.5 Å². The molecule has 1 aromatic carbocycles. The molecule has 118 valence electrons. The second-order valence-electron chi connectivity index (χ2n) is 5.35. The summed E-state index contributed by atoms with van der Waals surface area (Å²) in [5, 5.41) is 2.91. The van der Waals surface area contributed by atoms with E-state index in [1.54, 1.807) is 12.2 Å². The van der Waals surface area contributed by atoms with Crippen molar-refractivity contribution >= 4 is 12.0 Å². The number of nitrogens with one attached hydrogen (secondary N) is 2. The van der Waals surface area contributed by atoms with Crippen molar-refractivity contribution in [2.45, 2.75) is 0 Å². The highest BCUT2D eigenvalue weighted by atomic mass is 16.7. The van der Waals surface area contributed by atoms with Crippen LogP contribution in [0.15, 0.2) is 24.3 Å². The second kappa shape index (κ2) is 7.29. The highest BCUT2D eigenvalue weighted by Crippen LogP contribution is 2.32. The Morgan fingerprint density at radius 2 is 2.05 bits per heavy atom. The van der Waals surface area contributed by atoms with Crippen molar-refractivity contribution < 1.29 is 23.9 Å². The third kappa shape index (κ3) is 3.99. The molecule has 1 amide bonds. The molecule has 0 radical (unpaired) electrons. The number of hydrogen-bond acceptors (Lipinski definition) is 4. The lowest BCUT2D eigenvalue weighted by atomic mass is 10.2. The number of ether oxygens (including phenoxy) is 3. The predicted octanol–water partition coefficient (Wildman–Crippen LogP) is -0.540. The Balaban J connectivity index is 1.43. The smallest absolute Gasteiger partial charge is 0.244 e. The van der Waals surface area contributed by atoms with E-state index in [2.05, 4.69) is 5.32 Å². The zero-order valence-corrected chi connectivity index (χ0v) is 12.5. The van der Waals surface area contributed by atoms with Gasteiger partial charge in [-0.2, -0.15) is 0 Å². The third-order valence-corrected chi connectivity index (χ3v) is 3.80. The summed E-state index contributed by atoms with van der Waals surface area (Å²) in [6, 6.07) is 5.61. The number of amides is 1. The predicted molar refractivity (Wildman–Crippen MR) is 81.0 cm³/mol. The van der Waals surface area contributed by atoms with E-state index in [1.165, 1.54) is 4.90 Å². The molecule has 0 unspecified atom stereocenters. The van der Waals surface area contributed by atoms with Crippen LogP contribution in [-0.2, 0) is 9.53 Å². The van der Waals surface area contributed by atoms with Gasteiger partial charge >= 0.3 is 0 Å². The summed E-state index contributed by atoms with van der Waals surface area (Å²) >= 11 is 0. The Bertz CT molecular complexity index is 553. The average molecular weight is 305 g/mol. The lowest BCUT2D eigenvalue weighted by Crippen LogP contribution is -3.14. The van der Waals surface area contributed by atoms with Crippen LogP contribution in [0.4, 0.5) is 0 Å². The van der Waals surface area contributed by atoms with Gasteiger partial charge in [0.25, 0.3) is 0 Å². The fourth-order valence-electron chi connectivity index (χ4n) is 2.52. The van der Waals surface area contributed by atoms with Crippen LogP contribution >= 0.6 is 0 Å². The number of carbonyl (C=O) groups excluding carboxylic acids is 1. The molecule has 2 N–H and O–H groups in total. The number of rotatable bonds is 5. The fourth-order valence-corrected chi connectivity index (χ4v) is 2.52. The quantitative estimate of drug-likeness (QED) is 0.717. The van der Waals surface area contributed by atoms with E-state index in [1.807, 2.05) is 18.2 Å². The molecular formula is C16H21N2O4+. The molecule has 6 heteroatoms. The molecular weight excluding hydrogens is 284 g/mol. The molecule has 2 aliphatic rings. The van der Waals surface area contributed by atoms with E-state index in [-0.39, 0.29) is 12.7 Å². The van der Waals surface area contributed by atoms with Gasteiger partial charge < -0.3 is 24.4 Å². The van der Waals surface area contributed by atoms with E-state index in [0.29, 0.717) is 6.54 Å². The van der Waals surface area contributed by atoms with Crippen molar-refractivity contribution in [1.29, 1.82) is 0 Å². The van der Waals surface area contributed by atoms with E-state index in [4.69, 9.17) is 14.2 Å². The first kappa shape index (κ1) is 14.9. The van der Waals surface area contributed by atoms with E-state index < -0.39 is 0 Å². The molecule has 6 nitrogen and oxygen atoms in total. The second-order valence-corrected chi connectivity index (χ2v) is 5.35. The van der Waals surface area contributed by atoms with Crippen LogP contribution < -0.4 is 19.7 Å². The molecule has 1 aromatic rings. The molecule has 0 aromatic heterocycles. The van der Waals surface area contributed by atoms with Gasteiger partial charge in [-0.15, -0.1) is 0 Å². The van der Waals surface area contributed by atoms with E-state index >= 15 is 0 Å². The Kier molecular flexibility index (Phi) is 4.92. The molecule has 2 heterocycles. The van der Waals surface area contributed by atoms with Crippen molar-refractivity contribution in [2.24, 2.45) is 0 Å². The van der Waals surface area contributed by atoms with Crippen molar-refractivity contribution in [2.75, 3.05) is 46.2 Å². The van der Waals surface area contributed by atoms with Crippen molar-refractivity contribution in [1.82, 2.24) is 5.32 Å². The molecule has 1 saturated heterocycles. The molecule has 3 rings (SSSR count). The zero-order valence-electron chi connectivity index (χ0n) is 12.5. The standard InChI is InChI=1S/C16H20N2O4/c19-16(17-5-6-18-7-9-20-10-8-18)4-2-13-1-3-14-15(11-13)22-12-21-14/h1-4,11H,5-10,12H2,(H,17,19)/p+1. The first-order valence-corrected chi connectivity index (χ1v) is 7.58. The van der Waals surface area contributed by atoms with Crippen molar-refractivity contribution in [3.05, 3.63) is 29.8 Å². The molecule has 0 aliphatic carbocycles. The minimum Gasteiger partial charge on any atom is -0.454 e. The van der Waals surface area contributed by atoms with Crippen molar-refractivity contribution in [3.63, 3.8) is 0 Å². The van der Waals surface area contributed by atoms with Crippen LogP contribution in [0.25, 0.3) is 6.08 Å². The van der Waals surface area contributed by atoms with Gasteiger partial charge in [-0.1, -0.05) is 6.07 Å². The zero-order chi connectivity index (χ0) is 15.2. The summed E-state index contributed by atoms with van der Waals surface area (Å²) < 4.78 is 15.9. The topological polar surface area (TPSA) is 61.2 Å². The van der Waals surface area contributed by atoms with Gasteiger partial charge in [-0.3, -0.25) is 4.79 Å². The van der Waals surface area contributed by atoms with Gasteiger partial charge in [0.05, 0.1) is 26.3 Å². The van der Waals surface area contributed by atoms with Crippen molar-refractivity contribution in [3.8, 4) is 11.5 Å². The van der Waals surface area contributed by atoms with Gasteiger partial charge in [0.15, 0.2) is 11.5 Å². The molecule has 0 atom stereocenters. The van der Waals surface area contributed by atoms with Gasteiger partial charge in [-0.25, -0.2) is 0 Å². The number of hydrogen-bond donors (Lipinski definition) is 2. The number of morpholine rings is 1. The maximum Gasteiger partial charge on any atom is 0.244 e. The highest BCUT2D eigenvalue weighted by Gasteiger charge is 2.13. The summed E-state index contributed by atoms with van der Waals surface area (Å²) in [5.74, 6) is 1.39. The normalized spacial score (nSPS) is 17.8. The monoisotopic (exact) mass is 305 g/mol.